The van der Waals surface area contributed by atoms with Crippen LogP contribution in [0.15, 0.2) is 66.9 Å². The predicted octanol–water partition coefficient (Wildman–Crippen LogP) is 2.18. The van der Waals surface area contributed by atoms with Gasteiger partial charge in [0, 0.05) is 39.8 Å². The smallest absolute Gasteiger partial charge is 0.247 e. The van der Waals surface area contributed by atoms with Crippen molar-refractivity contribution in [2.75, 3.05) is 19.0 Å². The molecule has 5 rings (SSSR count). The van der Waals surface area contributed by atoms with Crippen LogP contribution in [0.5, 0.6) is 0 Å². The summed E-state index contributed by atoms with van der Waals surface area (Å²) in [5.41, 5.74) is 10.7. The van der Waals surface area contributed by atoms with E-state index in [2.05, 4.69) is 122 Å². The van der Waals surface area contributed by atoms with Crippen molar-refractivity contribution in [3.8, 4) is 0 Å². The van der Waals surface area contributed by atoms with Gasteiger partial charge in [0.25, 0.3) is 0 Å². The highest BCUT2D eigenvalue weighted by molar-refractivity contribution is 6.19. The fourth-order valence-electron chi connectivity index (χ4n) is 4.44. The maximum absolute atomic E-state index is 4.94. The summed E-state index contributed by atoms with van der Waals surface area (Å²) in [5, 5.41) is 0. The van der Waals surface area contributed by atoms with Gasteiger partial charge in [0.1, 0.15) is 5.82 Å². The number of nitrogens with zero attached hydrogens (tertiary/aromatic N) is 4. The zero-order chi connectivity index (χ0) is 21.7. The van der Waals surface area contributed by atoms with E-state index in [9.17, 15) is 0 Å². The highest BCUT2D eigenvalue weighted by Gasteiger charge is 2.36. The van der Waals surface area contributed by atoms with Crippen LogP contribution in [0.1, 0.15) is 29.6 Å². The molecule has 0 fully saturated rings. The first-order chi connectivity index (χ1) is 15.0. The lowest BCUT2D eigenvalue weighted by Gasteiger charge is -2.12. The Morgan fingerprint density at radius 3 is 2.28 bits per heavy atom. The molecule has 0 saturated carbocycles. The van der Waals surface area contributed by atoms with E-state index in [1.807, 2.05) is 0 Å². The van der Waals surface area contributed by atoms with Crippen LogP contribution in [0.4, 0.5) is 5.69 Å². The number of aryl methyl sites for hydroxylation is 2. The predicted molar refractivity (Wildman–Crippen MR) is 130 cm³/mol. The number of rotatable bonds is 3. The number of halogens is 1. The van der Waals surface area contributed by atoms with Crippen LogP contribution in [0.25, 0.3) is 34.0 Å². The number of pyridine rings is 1. The molecule has 0 amide bonds. The molecule has 0 aliphatic carbocycles. The van der Waals surface area contributed by atoms with Crippen LogP contribution in [0, 0.1) is 6.92 Å². The Morgan fingerprint density at radius 1 is 0.938 bits per heavy atom. The maximum Gasteiger partial charge on any atom is 0.247 e. The van der Waals surface area contributed by atoms with Crippen LogP contribution < -0.4 is 33.4 Å². The van der Waals surface area contributed by atoms with Gasteiger partial charge < -0.3 is 33.4 Å². The summed E-state index contributed by atoms with van der Waals surface area (Å²) in [4.78, 5) is 7.07. The van der Waals surface area contributed by atoms with E-state index in [1.54, 1.807) is 0 Å². The van der Waals surface area contributed by atoms with Crippen molar-refractivity contribution in [2.24, 2.45) is 7.05 Å². The number of hydrogen-bond acceptors (Lipinski definition) is 2. The van der Waals surface area contributed by atoms with Gasteiger partial charge in [0.15, 0.2) is 17.4 Å². The van der Waals surface area contributed by atoms with Crippen LogP contribution in [0.3, 0.4) is 0 Å². The largest absolute Gasteiger partial charge is 1.00 e. The molecule has 4 nitrogen and oxygen atoms in total. The lowest BCUT2D eigenvalue weighted by atomic mass is 9.94. The average Bonchev–Trinajstić information content (AvgIpc) is 3.22. The number of aromatic nitrogens is 3. The first-order valence-electron chi connectivity index (χ1n) is 10.6. The minimum atomic E-state index is 0. The standard InChI is InChI=1S/C27H27N4.HI/c1-18-25(21-9-7-6-8-10-21)23(17-20-11-13-22(14-12-20)29(3)4)27-26-24(15-16-31(18)27)30(5)19(2)28-26;/h6-17H,1-5H3;1H/q+1;/p-1. The Bertz CT molecular complexity index is 1360. The third-order valence-corrected chi connectivity index (χ3v) is 6.24. The molecule has 0 unspecified atom stereocenters. The lowest BCUT2D eigenvalue weighted by molar-refractivity contribution is -0.578. The van der Waals surface area contributed by atoms with Crippen LogP contribution >= 0.6 is 0 Å². The summed E-state index contributed by atoms with van der Waals surface area (Å²) in [6.07, 6.45) is 4.47. The van der Waals surface area contributed by atoms with E-state index >= 15 is 0 Å². The normalized spacial score (nSPS) is 14.1. The molecule has 0 bridgehead atoms. The molecule has 0 N–H and O–H groups in total. The van der Waals surface area contributed by atoms with Gasteiger partial charge in [-0.05, 0) is 36.3 Å². The Balaban J connectivity index is 0.00000245. The summed E-state index contributed by atoms with van der Waals surface area (Å²) in [7, 11) is 6.21. The van der Waals surface area contributed by atoms with E-state index < -0.39 is 0 Å². The molecule has 0 radical (unpaired) electrons. The molecule has 4 aromatic rings. The van der Waals surface area contributed by atoms with Gasteiger partial charge in [-0.15, -0.1) is 0 Å². The number of allylic oxidation sites excluding steroid dienone is 3. The second-order valence-corrected chi connectivity index (χ2v) is 8.36. The molecule has 5 heteroatoms. The minimum Gasteiger partial charge on any atom is -1.00 e. The Kier molecular flexibility index (Phi) is 5.95. The molecule has 2 aromatic carbocycles. The Labute approximate surface area is 206 Å². The number of hydrogen-bond donors (Lipinski definition) is 0. The van der Waals surface area contributed by atoms with Crippen molar-refractivity contribution in [1.29, 1.82) is 0 Å². The zero-order valence-electron chi connectivity index (χ0n) is 19.1. The molecular weight excluding hydrogens is 507 g/mol. The summed E-state index contributed by atoms with van der Waals surface area (Å²) in [5.74, 6) is 1.02. The van der Waals surface area contributed by atoms with Gasteiger partial charge in [0.05, 0.1) is 16.7 Å². The first-order valence-corrected chi connectivity index (χ1v) is 10.6. The molecule has 1 aliphatic rings. The highest BCUT2D eigenvalue weighted by atomic mass is 127. The highest BCUT2D eigenvalue weighted by Crippen LogP contribution is 2.41. The second kappa shape index (κ2) is 8.54. The van der Waals surface area contributed by atoms with E-state index in [-0.39, 0.29) is 24.0 Å². The second-order valence-electron chi connectivity index (χ2n) is 8.36. The van der Waals surface area contributed by atoms with Crippen molar-refractivity contribution < 1.29 is 28.5 Å². The fourth-order valence-corrected chi connectivity index (χ4v) is 4.44. The van der Waals surface area contributed by atoms with Crippen molar-refractivity contribution >= 4 is 39.6 Å². The average molecular weight is 534 g/mol. The third-order valence-electron chi connectivity index (χ3n) is 6.24. The molecule has 1 aliphatic heterocycles. The molecule has 3 heterocycles. The quantitative estimate of drug-likeness (QED) is 0.298. The van der Waals surface area contributed by atoms with Crippen molar-refractivity contribution in [3.05, 3.63) is 89.5 Å². The van der Waals surface area contributed by atoms with Crippen molar-refractivity contribution in [1.82, 2.24) is 9.55 Å². The van der Waals surface area contributed by atoms with Gasteiger partial charge in [-0.3, -0.25) is 0 Å². The van der Waals surface area contributed by atoms with E-state index in [0.29, 0.717) is 0 Å². The van der Waals surface area contributed by atoms with E-state index in [0.717, 1.165) is 22.6 Å². The molecular formula is C27H27IN4. The van der Waals surface area contributed by atoms with Crippen molar-refractivity contribution in [2.45, 2.75) is 13.8 Å². The molecule has 162 valence electrons. The van der Waals surface area contributed by atoms with Gasteiger partial charge in [-0.25, -0.2) is 4.98 Å². The van der Waals surface area contributed by atoms with E-state index in [1.165, 1.54) is 33.7 Å². The SMILES string of the molecule is CC1=C(c2ccccc2)/C(=C\c2ccc(N(C)C)cc2)c2c3nc(C)n(C)c3cc[n+]21.[I-]. The Hall–Kier alpha value is -2.93. The number of fused-ring (bicyclic) bond motifs is 3. The molecule has 2 aromatic heterocycles. The lowest BCUT2D eigenvalue weighted by Crippen LogP contribution is -3.00. The summed E-state index contributed by atoms with van der Waals surface area (Å²) in [6.45, 7) is 4.26. The zero-order valence-corrected chi connectivity index (χ0v) is 21.3. The van der Waals surface area contributed by atoms with E-state index in [4.69, 9.17) is 4.98 Å². The van der Waals surface area contributed by atoms with Crippen molar-refractivity contribution in [3.63, 3.8) is 0 Å². The minimum absolute atomic E-state index is 0. The maximum atomic E-state index is 4.94. The third kappa shape index (κ3) is 3.54. The van der Waals surface area contributed by atoms with Crippen LogP contribution in [0.2, 0.25) is 0 Å². The van der Waals surface area contributed by atoms with Gasteiger partial charge in [-0.1, -0.05) is 42.5 Å². The molecule has 0 atom stereocenters. The number of anilines is 1. The summed E-state index contributed by atoms with van der Waals surface area (Å²) >= 11 is 0. The summed E-state index contributed by atoms with van der Waals surface area (Å²) < 4.78 is 4.45. The fraction of sp³-hybridized carbons (Fsp3) is 0.185. The Morgan fingerprint density at radius 2 is 1.62 bits per heavy atom. The summed E-state index contributed by atoms with van der Waals surface area (Å²) in [6, 6.07) is 21.5. The van der Waals surface area contributed by atoms with Crippen LogP contribution in [-0.4, -0.2) is 23.6 Å². The van der Waals surface area contributed by atoms with Gasteiger partial charge in [0.2, 0.25) is 5.69 Å². The van der Waals surface area contributed by atoms with Gasteiger partial charge in [-0.2, -0.15) is 4.57 Å². The number of imidazole rings is 1. The topological polar surface area (TPSA) is 24.9 Å². The van der Waals surface area contributed by atoms with Gasteiger partial charge >= 0.3 is 0 Å². The first kappa shape index (κ1) is 22.3. The monoisotopic (exact) mass is 534 g/mol. The molecule has 0 saturated heterocycles. The number of benzene rings is 2. The molecule has 0 spiro atoms. The molecule has 32 heavy (non-hydrogen) atoms. The van der Waals surface area contributed by atoms with Crippen LogP contribution in [-0.2, 0) is 7.05 Å².